The van der Waals surface area contributed by atoms with Crippen LogP contribution >= 0.6 is 0 Å². The molecule has 3 aromatic heterocycles. The molecule has 0 N–H and O–H groups in total. The van der Waals surface area contributed by atoms with Crippen LogP contribution in [0.3, 0.4) is 0 Å². The molecule has 0 aliphatic heterocycles. The number of aromatic nitrogens is 4. The molecule has 0 aliphatic carbocycles. The van der Waals surface area contributed by atoms with Crippen molar-refractivity contribution < 1.29 is 23.0 Å². The zero-order chi connectivity index (χ0) is 47.9. The molecule has 0 aliphatic rings. The highest BCUT2D eigenvalue weighted by atomic mass is 16.5. The van der Waals surface area contributed by atoms with Gasteiger partial charge in [0.25, 0.3) is 6.33 Å². The Hall–Kier alpha value is -7.24. The molecule has 0 fully saturated rings. The summed E-state index contributed by atoms with van der Waals surface area (Å²) in [4.78, 5) is 4.82. The van der Waals surface area contributed by atoms with E-state index in [-0.39, 0.29) is 27.9 Å². The zero-order valence-corrected chi connectivity index (χ0v) is 32.0. The van der Waals surface area contributed by atoms with E-state index in [0.717, 1.165) is 39.6 Å². The summed E-state index contributed by atoms with van der Waals surface area (Å²) in [5, 5.41) is 2.14. The van der Waals surface area contributed by atoms with Gasteiger partial charge in [0.05, 0.1) is 47.1 Å². The molecule has 0 spiro atoms. The van der Waals surface area contributed by atoms with Crippen LogP contribution in [0, 0.1) is 19.2 Å². The van der Waals surface area contributed by atoms with Crippen LogP contribution in [0.25, 0.3) is 72.3 Å². The first-order valence-electron chi connectivity index (χ1n) is 24.1. The summed E-state index contributed by atoms with van der Waals surface area (Å²) in [7, 11) is 0. The van der Waals surface area contributed by atoms with Gasteiger partial charge in [0, 0.05) is 23.0 Å². The first-order valence-corrected chi connectivity index (χ1v) is 19.1. The molecule has 10 rings (SSSR count). The second-order valence-electron chi connectivity index (χ2n) is 14.7. The smallest absolute Gasteiger partial charge is 0.269 e. The van der Waals surface area contributed by atoms with Crippen LogP contribution in [0.5, 0.6) is 11.5 Å². The first-order chi connectivity index (χ1) is 32.6. The van der Waals surface area contributed by atoms with E-state index in [9.17, 15) is 0 Å². The number of aryl methyl sites for hydroxylation is 1. The van der Waals surface area contributed by atoms with Crippen molar-refractivity contribution in [2.45, 2.75) is 27.2 Å². The molecule has 280 valence electrons. The van der Waals surface area contributed by atoms with E-state index in [0.29, 0.717) is 34.1 Å². The van der Waals surface area contributed by atoms with Gasteiger partial charge in [0.2, 0.25) is 0 Å². The molecule has 7 aromatic carbocycles. The molecular formula is C53H42N4O. The molecule has 5 heteroatoms. The summed E-state index contributed by atoms with van der Waals surface area (Å²) in [6.07, 6.45) is 6.26. The van der Waals surface area contributed by atoms with Gasteiger partial charge in [0.1, 0.15) is 17.3 Å². The van der Waals surface area contributed by atoms with Gasteiger partial charge in [-0.2, -0.15) is 0 Å². The fourth-order valence-electron chi connectivity index (χ4n) is 7.90. The van der Waals surface area contributed by atoms with Gasteiger partial charge >= 0.3 is 0 Å². The van der Waals surface area contributed by atoms with Crippen molar-refractivity contribution >= 4 is 32.8 Å². The number of nitrogens with zero attached hydrogens (tertiary/aromatic N) is 4. The van der Waals surface area contributed by atoms with Crippen LogP contribution in [0.2, 0.25) is 0 Å². The van der Waals surface area contributed by atoms with Crippen LogP contribution in [0.4, 0.5) is 0 Å². The summed E-state index contributed by atoms with van der Waals surface area (Å²) in [6, 6.07) is 31.3. The molecule has 0 saturated carbocycles. The lowest BCUT2D eigenvalue weighted by Crippen LogP contribution is -2.32. The Balaban J connectivity index is 1.16. The fourth-order valence-corrected chi connectivity index (χ4v) is 7.90. The highest BCUT2D eigenvalue weighted by molar-refractivity contribution is 6.09. The van der Waals surface area contributed by atoms with Crippen molar-refractivity contribution in [1.29, 1.82) is 0 Å². The van der Waals surface area contributed by atoms with E-state index in [2.05, 4.69) is 55.1 Å². The average Bonchev–Trinajstić information content (AvgIpc) is 3.88. The summed E-state index contributed by atoms with van der Waals surface area (Å²) in [5.74, 6) is 2.42. The van der Waals surface area contributed by atoms with E-state index in [1.807, 2.05) is 84.4 Å². The maximum absolute atomic E-state index is 9.03. The van der Waals surface area contributed by atoms with Crippen LogP contribution in [-0.2, 0) is 6.42 Å². The molecule has 0 saturated heterocycles. The van der Waals surface area contributed by atoms with Crippen molar-refractivity contribution in [2.24, 2.45) is 5.92 Å². The van der Waals surface area contributed by atoms with Crippen molar-refractivity contribution in [3.8, 4) is 50.9 Å². The normalized spacial score (nSPS) is 14.0. The number of hydrogen-bond donors (Lipinski definition) is 0. The van der Waals surface area contributed by atoms with Gasteiger partial charge in [-0.25, -0.2) is 4.98 Å². The molecule has 0 amide bonds. The lowest BCUT2D eigenvalue weighted by molar-refractivity contribution is -0.571. The fraction of sp³-hybridized carbons (Fsp3) is 0.0943. The Morgan fingerprint density at radius 3 is 2.10 bits per heavy atom. The number of para-hydroxylation sites is 3. The molecule has 3 heterocycles. The summed E-state index contributed by atoms with van der Waals surface area (Å²) < 4.78 is 99.4. The number of hydrogen-bond acceptors (Lipinski definition) is 2. The predicted octanol–water partition coefficient (Wildman–Crippen LogP) is 12.8. The van der Waals surface area contributed by atoms with Crippen molar-refractivity contribution in [2.75, 3.05) is 0 Å². The van der Waals surface area contributed by atoms with Gasteiger partial charge in [-0.15, -0.1) is 0 Å². The van der Waals surface area contributed by atoms with Crippen molar-refractivity contribution in [1.82, 2.24) is 14.1 Å². The van der Waals surface area contributed by atoms with Gasteiger partial charge in [-0.3, -0.25) is 13.7 Å². The molecule has 58 heavy (non-hydrogen) atoms. The Labute approximate surface area is 352 Å². The highest BCUT2D eigenvalue weighted by Gasteiger charge is 2.21. The van der Waals surface area contributed by atoms with Crippen molar-refractivity contribution in [3.05, 3.63) is 199 Å². The van der Waals surface area contributed by atoms with Crippen LogP contribution < -0.4 is 9.30 Å². The minimum Gasteiger partial charge on any atom is -0.458 e. The van der Waals surface area contributed by atoms with Crippen LogP contribution in [0.1, 0.15) is 38.7 Å². The molecule has 0 atom stereocenters. The molecule has 0 bridgehead atoms. The third-order valence-electron chi connectivity index (χ3n) is 10.3. The average molecular weight is 761 g/mol. The second kappa shape index (κ2) is 14.7. The van der Waals surface area contributed by atoms with Gasteiger partial charge in [-0.05, 0) is 101 Å². The summed E-state index contributed by atoms with van der Waals surface area (Å²) >= 11 is 0. The van der Waals surface area contributed by atoms with Crippen molar-refractivity contribution in [3.63, 3.8) is 0 Å². The lowest BCUT2D eigenvalue weighted by Gasteiger charge is -2.17. The third kappa shape index (κ3) is 6.31. The van der Waals surface area contributed by atoms with Gasteiger partial charge < -0.3 is 4.74 Å². The van der Waals surface area contributed by atoms with E-state index in [1.54, 1.807) is 22.8 Å². The lowest BCUT2D eigenvalue weighted by atomic mass is 9.95. The topological polar surface area (TPSA) is 35.9 Å². The van der Waals surface area contributed by atoms with E-state index in [1.165, 1.54) is 5.56 Å². The maximum Gasteiger partial charge on any atom is 0.269 e. The molecule has 0 unspecified atom stereocenters. The summed E-state index contributed by atoms with van der Waals surface area (Å²) in [6.45, 7) is 6.30. The Kier molecular flexibility index (Phi) is 6.54. The maximum atomic E-state index is 9.03. The number of ether oxygens (including phenoxy) is 1. The van der Waals surface area contributed by atoms with E-state index in [4.69, 9.17) is 23.4 Å². The monoisotopic (exact) mass is 760 g/mol. The standard InChI is InChI=1S/C53H42N4O/c1-36(2)31-38-29-30-54-51(32-38)57-48-25-11-10-22-46(48)47-28-27-43(34-50(47)57)58-42-21-13-20-41(33-42)55-35-56(52-37(3)15-12-26-49(52)55)53-44(39-16-6-4-7-17-39)23-14-24-45(53)40-18-8-5-9-19-40/h4-30,32-34,36H,31H2,1-3H3/i4D,5D,6D,7D,8D,9D,16D,17D,18D,19D. The first kappa shape index (κ1) is 25.8. The molecular weight excluding hydrogens is 709 g/mol. The number of pyridine rings is 1. The minimum absolute atomic E-state index is 0.124. The quantitative estimate of drug-likeness (QED) is 0.108. The number of fused-ring (bicyclic) bond motifs is 4. The SMILES string of the molecule is [2H]c1c([2H])c([2H])c(-c2cccc(-c3c([2H])c([2H])c([2H])c([2H])c3[2H])c2-[n+]2[c-]n(-c3cccc(Oc4ccc5c6ccccc6n(-c6cc(CC(C)C)ccn6)c5c4)c3)c3cccc(C)c32)c([2H])c1[2H]. The molecule has 0 radical (unpaired) electrons. The minimum atomic E-state index is -0.563. The van der Waals surface area contributed by atoms with E-state index >= 15 is 0 Å². The van der Waals surface area contributed by atoms with Crippen LogP contribution in [0.15, 0.2) is 182 Å². The highest BCUT2D eigenvalue weighted by Crippen LogP contribution is 2.37. The van der Waals surface area contributed by atoms with Crippen LogP contribution in [-0.4, -0.2) is 14.1 Å². The number of imidazole rings is 1. The third-order valence-corrected chi connectivity index (χ3v) is 10.3. The van der Waals surface area contributed by atoms with Gasteiger partial charge in [-0.1, -0.05) is 135 Å². The summed E-state index contributed by atoms with van der Waals surface area (Å²) in [5.41, 5.74) is 6.14. The Morgan fingerprint density at radius 2 is 1.34 bits per heavy atom. The Morgan fingerprint density at radius 1 is 0.672 bits per heavy atom. The van der Waals surface area contributed by atoms with Gasteiger partial charge in [0.15, 0.2) is 0 Å². The Bertz CT molecular complexity index is 3570. The number of benzene rings is 7. The zero-order valence-electron chi connectivity index (χ0n) is 42.0. The number of rotatable bonds is 9. The second-order valence-corrected chi connectivity index (χ2v) is 14.7. The predicted molar refractivity (Wildman–Crippen MR) is 236 cm³/mol. The molecule has 10 aromatic rings. The molecule has 5 nitrogen and oxygen atoms in total. The van der Waals surface area contributed by atoms with E-state index < -0.39 is 60.4 Å². The largest absolute Gasteiger partial charge is 0.458 e.